The van der Waals surface area contributed by atoms with E-state index in [9.17, 15) is 23.5 Å². The van der Waals surface area contributed by atoms with Crippen LogP contribution in [0.1, 0.15) is 55.0 Å². The molecule has 0 aliphatic rings. The number of aliphatic hydroxyl groups excluding tert-OH is 1. The van der Waals surface area contributed by atoms with Gasteiger partial charge in [-0.1, -0.05) is 36.4 Å². The van der Waals surface area contributed by atoms with Crippen LogP contribution in [0.15, 0.2) is 78.4 Å². The molecule has 4 rings (SSSR count). The average molecular weight is 608 g/mol. The van der Waals surface area contributed by atoms with Gasteiger partial charge in [-0.25, -0.2) is 13.8 Å². The van der Waals surface area contributed by atoms with E-state index in [1.165, 1.54) is 29.7 Å². The van der Waals surface area contributed by atoms with Crippen molar-refractivity contribution in [2.24, 2.45) is 0 Å². The number of carbonyl (C=O) groups is 2. The highest BCUT2D eigenvalue weighted by atomic mass is 32.1. The minimum Gasteiger partial charge on any atom is -0.390 e. The number of rotatable bonds is 13. The second-order valence-electron chi connectivity index (χ2n) is 10.6. The number of alkyl halides is 2. The lowest BCUT2D eigenvalue weighted by molar-refractivity contribution is 0.0170. The number of pyridine rings is 1. The molecule has 2 atom stereocenters. The molecule has 11 heteroatoms. The largest absolute Gasteiger partial charge is 0.390 e. The molecule has 2 amide bonds. The molecular formula is C32H35F2N5O3S. The van der Waals surface area contributed by atoms with Crippen molar-refractivity contribution in [3.05, 3.63) is 117 Å². The molecule has 8 nitrogen and oxygen atoms in total. The van der Waals surface area contributed by atoms with Crippen LogP contribution in [0.25, 0.3) is 0 Å². The van der Waals surface area contributed by atoms with E-state index < -0.39 is 24.0 Å². The number of halogens is 2. The zero-order valence-corrected chi connectivity index (χ0v) is 25.1. The Morgan fingerprint density at radius 2 is 1.79 bits per heavy atom. The molecule has 0 unspecified atom stereocenters. The molecule has 226 valence electrons. The van der Waals surface area contributed by atoms with Crippen LogP contribution < -0.4 is 10.6 Å². The van der Waals surface area contributed by atoms with E-state index in [1.54, 1.807) is 30.1 Å². The second-order valence-corrected chi connectivity index (χ2v) is 11.5. The summed E-state index contributed by atoms with van der Waals surface area (Å²) in [6, 6.07) is 16.6. The van der Waals surface area contributed by atoms with E-state index >= 15 is 0 Å². The SMILES string of the molecule is Cc1csc(CN(C)C(=O)c2cccc(C(=O)N[C@@H](Cc3ccccc3)[C@H](O)CNCc3cncc(C(C)(F)F)c3)c2)n1. The number of aliphatic hydroxyl groups is 1. The van der Waals surface area contributed by atoms with Gasteiger partial charge in [-0.2, -0.15) is 0 Å². The lowest BCUT2D eigenvalue weighted by Gasteiger charge is -2.25. The van der Waals surface area contributed by atoms with Crippen molar-refractivity contribution in [2.45, 2.75) is 51.4 Å². The van der Waals surface area contributed by atoms with Crippen LogP contribution in [0, 0.1) is 6.92 Å². The van der Waals surface area contributed by atoms with Crippen molar-refractivity contribution in [1.82, 2.24) is 25.5 Å². The summed E-state index contributed by atoms with van der Waals surface area (Å²) >= 11 is 1.48. The molecule has 2 heterocycles. The Hall–Kier alpha value is -4.06. The third-order valence-corrected chi connectivity index (χ3v) is 7.77. The first-order valence-electron chi connectivity index (χ1n) is 13.8. The van der Waals surface area contributed by atoms with E-state index in [1.807, 2.05) is 42.6 Å². The van der Waals surface area contributed by atoms with Gasteiger partial charge in [0.25, 0.3) is 17.7 Å². The Morgan fingerprint density at radius 1 is 1.05 bits per heavy atom. The van der Waals surface area contributed by atoms with Crippen LogP contribution in [-0.4, -0.2) is 57.5 Å². The number of amides is 2. The van der Waals surface area contributed by atoms with Gasteiger partial charge in [-0.15, -0.1) is 11.3 Å². The van der Waals surface area contributed by atoms with E-state index in [4.69, 9.17) is 0 Å². The number of hydrogen-bond donors (Lipinski definition) is 3. The number of aryl methyl sites for hydroxylation is 1. The first-order chi connectivity index (χ1) is 20.5. The average Bonchev–Trinajstić information content (AvgIpc) is 3.40. The second kappa shape index (κ2) is 14.4. The van der Waals surface area contributed by atoms with Crippen molar-refractivity contribution in [3.8, 4) is 0 Å². The summed E-state index contributed by atoms with van der Waals surface area (Å²) in [6.07, 6.45) is 1.96. The van der Waals surface area contributed by atoms with E-state index in [2.05, 4.69) is 20.6 Å². The van der Waals surface area contributed by atoms with Crippen molar-refractivity contribution >= 4 is 23.2 Å². The molecule has 2 aromatic heterocycles. The lowest BCUT2D eigenvalue weighted by Crippen LogP contribution is -2.48. The molecule has 0 aliphatic heterocycles. The molecule has 0 saturated heterocycles. The van der Waals surface area contributed by atoms with Crippen LogP contribution in [0.4, 0.5) is 8.78 Å². The number of nitrogens with one attached hydrogen (secondary N) is 2. The topological polar surface area (TPSA) is 107 Å². The van der Waals surface area contributed by atoms with Crippen LogP contribution in [0.5, 0.6) is 0 Å². The highest BCUT2D eigenvalue weighted by Gasteiger charge is 2.26. The van der Waals surface area contributed by atoms with Gasteiger partial charge in [0.05, 0.1) is 18.7 Å². The van der Waals surface area contributed by atoms with Crippen LogP contribution >= 0.6 is 11.3 Å². The van der Waals surface area contributed by atoms with Crippen LogP contribution in [0.3, 0.4) is 0 Å². The Bertz CT molecular complexity index is 1530. The number of nitrogens with zero attached hydrogens (tertiary/aromatic N) is 3. The van der Waals surface area contributed by atoms with Crippen molar-refractivity contribution < 1.29 is 23.5 Å². The summed E-state index contributed by atoms with van der Waals surface area (Å²) in [5.74, 6) is -3.69. The van der Waals surface area contributed by atoms with Gasteiger partial charge in [0.1, 0.15) is 5.01 Å². The minimum absolute atomic E-state index is 0.0874. The smallest absolute Gasteiger partial charge is 0.272 e. The fraction of sp³-hybridized carbons (Fsp3) is 0.312. The Morgan fingerprint density at radius 3 is 2.49 bits per heavy atom. The summed E-state index contributed by atoms with van der Waals surface area (Å²) in [6.45, 7) is 3.36. The summed E-state index contributed by atoms with van der Waals surface area (Å²) in [4.78, 5) is 36.3. The van der Waals surface area contributed by atoms with Gasteiger partial charge in [0, 0.05) is 67.2 Å². The van der Waals surface area contributed by atoms with E-state index in [-0.39, 0.29) is 30.1 Å². The van der Waals surface area contributed by atoms with Gasteiger partial charge in [-0.3, -0.25) is 14.6 Å². The molecular weight excluding hydrogens is 572 g/mol. The molecule has 0 aliphatic carbocycles. The Balaban J connectivity index is 1.42. The highest BCUT2D eigenvalue weighted by molar-refractivity contribution is 7.09. The molecule has 0 fully saturated rings. The maximum Gasteiger partial charge on any atom is 0.272 e. The summed E-state index contributed by atoms with van der Waals surface area (Å²) < 4.78 is 27.4. The first kappa shape index (κ1) is 31.9. The van der Waals surface area contributed by atoms with Crippen LogP contribution in [-0.2, 0) is 25.4 Å². The fourth-order valence-electron chi connectivity index (χ4n) is 4.50. The van der Waals surface area contributed by atoms with Crippen LogP contribution in [0.2, 0.25) is 0 Å². The number of hydrogen-bond acceptors (Lipinski definition) is 7. The number of thiazole rings is 1. The third kappa shape index (κ3) is 9.21. The molecule has 0 bridgehead atoms. The lowest BCUT2D eigenvalue weighted by atomic mass is 10.00. The maximum atomic E-state index is 13.7. The predicted molar refractivity (Wildman–Crippen MR) is 162 cm³/mol. The van der Waals surface area contributed by atoms with Crippen molar-refractivity contribution in [3.63, 3.8) is 0 Å². The minimum atomic E-state index is -3.01. The monoisotopic (exact) mass is 607 g/mol. The van der Waals surface area contributed by atoms with Crippen molar-refractivity contribution in [2.75, 3.05) is 13.6 Å². The summed E-state index contributed by atoms with van der Waals surface area (Å²) in [5, 5.41) is 19.9. The standard InChI is InChI=1S/C32H35F2N5O3S/c1-21-20-43-29(37-21)19-39(3)31(42)25-11-7-10-24(14-25)30(41)38-27(13-22-8-5-4-6-9-22)28(40)18-36-16-23-12-26(17-35-15-23)32(2,33)34/h4-12,14-15,17,20,27-28,36,40H,13,16,18-19H2,1-3H3,(H,38,41)/t27-,28+/m0/s1. The number of benzene rings is 2. The van der Waals surface area contributed by atoms with E-state index in [0.717, 1.165) is 29.4 Å². The molecule has 43 heavy (non-hydrogen) atoms. The Kier molecular flexibility index (Phi) is 10.7. The zero-order chi connectivity index (χ0) is 31.0. The molecule has 0 saturated carbocycles. The maximum absolute atomic E-state index is 13.7. The van der Waals surface area contributed by atoms with Gasteiger partial charge in [0.15, 0.2) is 0 Å². The van der Waals surface area contributed by atoms with Crippen molar-refractivity contribution in [1.29, 1.82) is 0 Å². The van der Waals surface area contributed by atoms with Gasteiger partial charge in [0.2, 0.25) is 0 Å². The summed E-state index contributed by atoms with van der Waals surface area (Å²) in [5.41, 5.74) is 2.81. The van der Waals surface area contributed by atoms with Gasteiger partial charge >= 0.3 is 0 Å². The summed E-state index contributed by atoms with van der Waals surface area (Å²) in [7, 11) is 1.69. The Labute approximate surface area is 253 Å². The number of carbonyl (C=O) groups excluding carboxylic acids is 2. The molecule has 0 radical (unpaired) electrons. The molecule has 2 aromatic carbocycles. The number of aromatic nitrogens is 2. The first-order valence-corrected chi connectivity index (χ1v) is 14.7. The highest BCUT2D eigenvalue weighted by Crippen LogP contribution is 2.26. The molecule has 0 spiro atoms. The molecule has 3 N–H and O–H groups in total. The predicted octanol–water partition coefficient (Wildman–Crippen LogP) is 4.72. The quantitative estimate of drug-likeness (QED) is 0.203. The van der Waals surface area contributed by atoms with Gasteiger partial charge in [-0.05, 0) is 48.7 Å². The van der Waals surface area contributed by atoms with E-state index in [0.29, 0.717) is 24.1 Å². The third-order valence-electron chi connectivity index (χ3n) is 6.82. The molecule has 4 aromatic rings. The normalized spacial score (nSPS) is 12.9. The fourth-order valence-corrected chi connectivity index (χ4v) is 5.32. The zero-order valence-electron chi connectivity index (χ0n) is 24.3. The van der Waals surface area contributed by atoms with Gasteiger partial charge < -0.3 is 20.6 Å².